The van der Waals surface area contributed by atoms with Gasteiger partial charge in [-0.3, -0.25) is 9.59 Å². The Morgan fingerprint density at radius 3 is 1.32 bits per heavy atom. The normalized spacial score (nSPS) is 8.81. The molecule has 0 spiro atoms. The SMILES string of the molecule is CCC(=O)O.CCC(=O)O.C[CH]=[Ti+2].c1ccc2[cH-]ccc2c1.c1ccc2[cH-]ccc2c1. The monoisotopic (exact) mass is 454 g/mol. The summed E-state index contributed by atoms with van der Waals surface area (Å²) in [5.74, 6) is -1.49. The zero-order valence-corrected chi connectivity index (χ0v) is 19.8. The molecule has 0 unspecified atom stereocenters. The molecule has 0 amide bonds. The first-order chi connectivity index (χ1) is 14.9. The zero-order valence-electron chi connectivity index (χ0n) is 18.3. The van der Waals surface area contributed by atoms with Gasteiger partial charge >= 0.3 is 43.1 Å². The molecular weight excluding hydrogens is 424 g/mol. The third kappa shape index (κ3) is 13.9. The van der Waals surface area contributed by atoms with Crippen LogP contribution in [0.1, 0.15) is 33.6 Å². The van der Waals surface area contributed by atoms with E-state index in [4.69, 9.17) is 10.2 Å². The van der Waals surface area contributed by atoms with E-state index in [9.17, 15) is 9.59 Å². The van der Waals surface area contributed by atoms with Crippen molar-refractivity contribution in [1.29, 1.82) is 0 Å². The van der Waals surface area contributed by atoms with Crippen LogP contribution in [0.5, 0.6) is 0 Å². The molecule has 5 heteroatoms. The van der Waals surface area contributed by atoms with Gasteiger partial charge in [-0.05, 0) is 0 Å². The maximum atomic E-state index is 9.37. The molecule has 0 saturated heterocycles. The van der Waals surface area contributed by atoms with Crippen LogP contribution in [0.4, 0.5) is 0 Å². The molecule has 31 heavy (non-hydrogen) atoms. The van der Waals surface area contributed by atoms with Crippen molar-refractivity contribution >= 4 is 37.8 Å². The van der Waals surface area contributed by atoms with Crippen molar-refractivity contribution in [2.45, 2.75) is 33.6 Å². The van der Waals surface area contributed by atoms with Gasteiger partial charge in [0.1, 0.15) is 0 Å². The van der Waals surface area contributed by atoms with Crippen molar-refractivity contribution in [3.05, 3.63) is 84.9 Å². The van der Waals surface area contributed by atoms with Gasteiger partial charge in [0.15, 0.2) is 0 Å². The van der Waals surface area contributed by atoms with E-state index in [0.717, 1.165) is 0 Å². The number of hydrogen-bond acceptors (Lipinski definition) is 2. The first kappa shape index (κ1) is 28.2. The van der Waals surface area contributed by atoms with E-state index >= 15 is 0 Å². The minimum Gasteiger partial charge on any atom is -0.168 e. The van der Waals surface area contributed by atoms with Gasteiger partial charge in [-0.15, -0.1) is 59.3 Å². The average molecular weight is 454 g/mol. The van der Waals surface area contributed by atoms with E-state index in [-0.39, 0.29) is 12.8 Å². The first-order valence-corrected chi connectivity index (χ1v) is 10.9. The van der Waals surface area contributed by atoms with Crippen molar-refractivity contribution in [1.82, 2.24) is 0 Å². The standard InChI is InChI=1S/2C9H7.2C3H6O2.C2H4.Ti/c2*1-2-5-9-7-3-6-8(9)4-1;2*1-2-3(4)5;1-2;/h2*1-7H;2*2H2,1H3,(H,4,5);1H,2H3;/q2*-1;;;;+2. The van der Waals surface area contributed by atoms with Gasteiger partial charge < -0.3 is 10.2 Å². The largest absolute Gasteiger partial charge is 0.168 e. The van der Waals surface area contributed by atoms with Crippen LogP contribution < -0.4 is 0 Å². The van der Waals surface area contributed by atoms with Crippen LogP contribution in [0.2, 0.25) is 0 Å². The molecule has 0 fully saturated rings. The molecule has 4 aromatic carbocycles. The van der Waals surface area contributed by atoms with Crippen LogP contribution in [0.25, 0.3) is 21.5 Å². The Balaban J connectivity index is 0.000000386. The molecule has 0 heterocycles. The minimum atomic E-state index is -0.745. The molecule has 4 rings (SSSR count). The number of hydrogen-bond donors (Lipinski definition) is 2. The molecule has 0 aliphatic heterocycles. The summed E-state index contributed by atoms with van der Waals surface area (Å²) >= 11 is 2.00. The van der Waals surface area contributed by atoms with E-state index in [1.807, 2.05) is 31.2 Å². The summed E-state index contributed by atoms with van der Waals surface area (Å²) < 4.78 is 2.00. The Bertz CT molecular complexity index is 874. The summed E-state index contributed by atoms with van der Waals surface area (Å²) in [4.78, 5) is 18.7. The number of carboxylic acids is 2. The Kier molecular flexibility index (Phi) is 16.4. The smallest absolute Gasteiger partial charge is 0.0809 e. The predicted octanol–water partition coefficient (Wildman–Crippen LogP) is 6.43. The van der Waals surface area contributed by atoms with E-state index in [1.54, 1.807) is 13.8 Å². The number of carboxylic acid groups (broad SMARTS) is 2. The molecule has 4 nitrogen and oxygen atoms in total. The summed E-state index contributed by atoms with van der Waals surface area (Å²) in [6, 6.07) is 29.3. The Hall–Kier alpha value is -2.82. The molecule has 4 aromatic rings. The second-order valence-corrected chi connectivity index (χ2v) is 6.99. The van der Waals surface area contributed by atoms with Crippen LogP contribution in [-0.4, -0.2) is 26.5 Å². The van der Waals surface area contributed by atoms with Crippen LogP contribution >= 0.6 is 0 Å². The van der Waals surface area contributed by atoms with Gasteiger partial charge in [0, 0.05) is 12.8 Å². The Morgan fingerprint density at radius 1 is 0.774 bits per heavy atom. The van der Waals surface area contributed by atoms with E-state index in [1.165, 1.54) is 21.5 Å². The molecule has 0 bridgehead atoms. The molecule has 0 aliphatic rings. The number of benzene rings is 2. The summed E-state index contributed by atoms with van der Waals surface area (Å²) in [6.45, 7) is 5.20. The number of rotatable bonds is 2. The molecular formula is C26H30O4Ti. The maximum Gasteiger partial charge on any atom is -0.0809 e. The van der Waals surface area contributed by atoms with Crippen molar-refractivity contribution in [2.75, 3.05) is 0 Å². The number of aliphatic carboxylic acids is 2. The van der Waals surface area contributed by atoms with Gasteiger partial charge in [0.05, 0.1) is 0 Å². The van der Waals surface area contributed by atoms with Gasteiger partial charge in [0.25, 0.3) is 0 Å². The van der Waals surface area contributed by atoms with Gasteiger partial charge in [-0.2, -0.15) is 35.0 Å². The molecule has 162 valence electrons. The van der Waals surface area contributed by atoms with Crippen molar-refractivity contribution < 1.29 is 39.8 Å². The first-order valence-electron chi connectivity index (χ1n) is 9.99. The second kappa shape index (κ2) is 18.0. The molecule has 0 aliphatic carbocycles. The molecule has 0 atom stereocenters. The fourth-order valence-electron chi connectivity index (χ4n) is 2.14. The quantitative estimate of drug-likeness (QED) is 0.270. The third-order valence-corrected chi connectivity index (χ3v) is 3.70. The fraction of sp³-hybridized carbons (Fsp3) is 0.192. The Labute approximate surface area is 195 Å². The third-order valence-electron chi connectivity index (χ3n) is 3.70. The van der Waals surface area contributed by atoms with Crippen molar-refractivity contribution in [3.8, 4) is 0 Å². The zero-order chi connectivity index (χ0) is 23.5. The summed E-state index contributed by atoms with van der Waals surface area (Å²) in [6.07, 6.45) is 0.444. The number of carbonyl (C=O) groups is 2. The predicted molar refractivity (Wildman–Crippen MR) is 127 cm³/mol. The Morgan fingerprint density at radius 2 is 1.06 bits per heavy atom. The average Bonchev–Trinajstić information content (AvgIpc) is 3.45. The molecule has 0 radical (unpaired) electrons. The van der Waals surface area contributed by atoms with Gasteiger partial charge in [-0.1, -0.05) is 26.0 Å². The van der Waals surface area contributed by atoms with E-state index in [2.05, 4.69) is 84.9 Å². The van der Waals surface area contributed by atoms with Crippen molar-refractivity contribution in [3.63, 3.8) is 0 Å². The van der Waals surface area contributed by atoms with Crippen LogP contribution in [-0.2, 0) is 29.6 Å². The number of fused-ring (bicyclic) bond motifs is 2. The molecule has 0 aromatic heterocycles. The summed E-state index contributed by atoms with van der Waals surface area (Å²) in [5.41, 5.74) is 0. The van der Waals surface area contributed by atoms with Gasteiger partial charge in [0.2, 0.25) is 0 Å². The van der Waals surface area contributed by atoms with Crippen LogP contribution in [0, 0.1) is 0 Å². The van der Waals surface area contributed by atoms with E-state index in [0.29, 0.717) is 0 Å². The minimum absolute atomic E-state index is 0.222. The van der Waals surface area contributed by atoms with Gasteiger partial charge in [-0.25, -0.2) is 0 Å². The summed E-state index contributed by atoms with van der Waals surface area (Å²) in [7, 11) is 0. The van der Waals surface area contributed by atoms with Crippen LogP contribution in [0.15, 0.2) is 84.9 Å². The maximum absolute atomic E-state index is 9.37. The topological polar surface area (TPSA) is 74.6 Å². The van der Waals surface area contributed by atoms with Crippen molar-refractivity contribution in [2.24, 2.45) is 0 Å². The fourth-order valence-corrected chi connectivity index (χ4v) is 2.14. The molecule has 2 N–H and O–H groups in total. The van der Waals surface area contributed by atoms with Crippen LogP contribution in [0.3, 0.4) is 0 Å². The van der Waals surface area contributed by atoms with E-state index < -0.39 is 11.9 Å². The summed E-state index contributed by atoms with van der Waals surface area (Å²) in [5, 5.41) is 20.8. The second-order valence-electron chi connectivity index (χ2n) is 6.09. The molecule has 0 saturated carbocycles.